The first-order chi connectivity index (χ1) is 8.67. The molecule has 0 saturated carbocycles. The van der Waals surface area contributed by atoms with Gasteiger partial charge in [0.05, 0.1) is 11.3 Å². The summed E-state index contributed by atoms with van der Waals surface area (Å²) < 4.78 is 65.3. The second kappa shape index (κ2) is 5.34. The number of hydrogen-bond acceptors (Lipinski definition) is 4. The smallest absolute Gasteiger partial charge is 0.477 e. The maximum atomic E-state index is 12.8. The lowest BCUT2D eigenvalue weighted by molar-refractivity contribution is -0.275. The van der Waals surface area contributed by atoms with Crippen molar-refractivity contribution < 1.29 is 36.6 Å². The van der Waals surface area contributed by atoms with Crippen LogP contribution in [-0.2, 0) is 6.54 Å². The van der Waals surface area contributed by atoms with E-state index in [0.29, 0.717) is 6.20 Å². The molecule has 0 aliphatic carbocycles. The summed E-state index contributed by atoms with van der Waals surface area (Å²) in [5, 5.41) is 8.67. The molecule has 1 heterocycles. The Morgan fingerprint density at radius 2 is 2.05 bits per heavy atom. The van der Waals surface area contributed by atoms with Crippen LogP contribution in [0.3, 0.4) is 0 Å². The molecule has 10 heteroatoms. The topological polar surface area (TPSA) is 85.4 Å². The Hall–Kier alpha value is -1.97. The van der Waals surface area contributed by atoms with E-state index < -0.39 is 47.9 Å². The molecule has 3 N–H and O–H groups in total. The van der Waals surface area contributed by atoms with Crippen molar-refractivity contribution >= 4 is 5.97 Å². The Morgan fingerprint density at radius 1 is 1.47 bits per heavy atom. The number of rotatable bonds is 4. The highest BCUT2D eigenvalue weighted by Crippen LogP contribution is 2.37. The third kappa shape index (κ3) is 3.50. The van der Waals surface area contributed by atoms with Crippen LogP contribution in [0.15, 0.2) is 6.20 Å². The Bertz CT molecular complexity index is 489. The molecule has 0 radical (unpaired) electrons. The van der Waals surface area contributed by atoms with Gasteiger partial charge in [0.25, 0.3) is 6.43 Å². The third-order valence-electron chi connectivity index (χ3n) is 2.01. The van der Waals surface area contributed by atoms with E-state index in [4.69, 9.17) is 10.8 Å². The van der Waals surface area contributed by atoms with Gasteiger partial charge in [0, 0.05) is 12.7 Å². The first kappa shape index (κ1) is 15.1. The van der Waals surface area contributed by atoms with E-state index >= 15 is 0 Å². The number of hydrogen-bond donors (Lipinski definition) is 2. The average Bonchev–Trinajstić information content (AvgIpc) is 2.25. The Labute approximate surface area is 102 Å². The summed E-state index contributed by atoms with van der Waals surface area (Å²) in [4.78, 5) is 14.0. The van der Waals surface area contributed by atoms with Crippen molar-refractivity contribution in [1.29, 1.82) is 0 Å². The van der Waals surface area contributed by atoms with Crippen LogP contribution in [0.2, 0.25) is 0 Å². The largest absolute Gasteiger partial charge is 0.573 e. The maximum Gasteiger partial charge on any atom is 0.573 e. The molecule has 0 aromatic carbocycles. The second-order valence-corrected chi connectivity index (χ2v) is 3.22. The van der Waals surface area contributed by atoms with Crippen molar-refractivity contribution in [2.24, 2.45) is 5.73 Å². The van der Waals surface area contributed by atoms with Crippen molar-refractivity contribution in [2.75, 3.05) is 0 Å². The average molecular weight is 286 g/mol. The summed E-state index contributed by atoms with van der Waals surface area (Å²) in [6, 6.07) is 0. The van der Waals surface area contributed by atoms with Crippen molar-refractivity contribution in [2.45, 2.75) is 19.3 Å². The number of carbonyl (C=O) groups is 1. The van der Waals surface area contributed by atoms with Crippen LogP contribution in [0.4, 0.5) is 22.0 Å². The van der Waals surface area contributed by atoms with Crippen LogP contribution in [0.5, 0.6) is 5.75 Å². The minimum Gasteiger partial charge on any atom is -0.477 e. The number of halogens is 5. The molecule has 1 aromatic rings. The van der Waals surface area contributed by atoms with Crippen LogP contribution in [0, 0.1) is 0 Å². The summed E-state index contributed by atoms with van der Waals surface area (Å²) in [6.07, 6.45) is -8.25. The van der Waals surface area contributed by atoms with Gasteiger partial charge in [0.2, 0.25) is 0 Å². The molecule has 0 unspecified atom stereocenters. The number of aromatic nitrogens is 1. The highest BCUT2D eigenvalue weighted by Gasteiger charge is 2.37. The monoisotopic (exact) mass is 286 g/mol. The van der Waals surface area contributed by atoms with Gasteiger partial charge in [-0.15, -0.1) is 13.2 Å². The number of carboxylic acid groups (broad SMARTS) is 1. The molecule has 0 bridgehead atoms. The van der Waals surface area contributed by atoms with E-state index in [1.165, 1.54) is 0 Å². The van der Waals surface area contributed by atoms with Gasteiger partial charge in [0.15, 0.2) is 5.75 Å². The standard InChI is InChI=1S/C9H7F5N2O3/c10-7(11)5-4(1-15)16-2-3(8(17)18)6(5)19-9(12,13)14/h2,7H,1,15H2,(H,17,18). The molecule has 0 fully saturated rings. The number of alkyl halides is 5. The van der Waals surface area contributed by atoms with E-state index in [2.05, 4.69) is 9.72 Å². The third-order valence-corrected chi connectivity index (χ3v) is 2.01. The molecule has 1 rings (SSSR count). The van der Waals surface area contributed by atoms with Gasteiger partial charge in [-0.05, 0) is 0 Å². The lowest BCUT2D eigenvalue weighted by atomic mass is 10.1. The van der Waals surface area contributed by atoms with E-state index in [-0.39, 0.29) is 0 Å². The van der Waals surface area contributed by atoms with Gasteiger partial charge >= 0.3 is 12.3 Å². The summed E-state index contributed by atoms with van der Waals surface area (Å²) >= 11 is 0. The Balaban J connectivity index is 3.53. The first-order valence-electron chi connectivity index (χ1n) is 4.66. The van der Waals surface area contributed by atoms with Gasteiger partial charge < -0.3 is 15.6 Å². The number of pyridine rings is 1. The highest BCUT2D eigenvalue weighted by atomic mass is 19.4. The Morgan fingerprint density at radius 3 is 2.42 bits per heavy atom. The van der Waals surface area contributed by atoms with Crippen molar-refractivity contribution in [3.05, 3.63) is 23.0 Å². The highest BCUT2D eigenvalue weighted by molar-refractivity contribution is 5.91. The molecule has 0 amide bonds. The number of aromatic carboxylic acids is 1. The van der Waals surface area contributed by atoms with Gasteiger partial charge in [-0.25, -0.2) is 13.6 Å². The van der Waals surface area contributed by atoms with Crippen molar-refractivity contribution in [3.8, 4) is 5.75 Å². The van der Waals surface area contributed by atoms with Crippen LogP contribution >= 0.6 is 0 Å². The van der Waals surface area contributed by atoms with Crippen LogP contribution in [0.1, 0.15) is 28.0 Å². The van der Waals surface area contributed by atoms with Crippen molar-refractivity contribution in [1.82, 2.24) is 4.98 Å². The molecule has 0 atom stereocenters. The predicted molar refractivity (Wildman–Crippen MR) is 50.7 cm³/mol. The molecule has 0 spiro atoms. The lowest BCUT2D eigenvalue weighted by Gasteiger charge is -2.17. The van der Waals surface area contributed by atoms with Crippen LogP contribution in [0.25, 0.3) is 0 Å². The lowest BCUT2D eigenvalue weighted by Crippen LogP contribution is -2.22. The van der Waals surface area contributed by atoms with Gasteiger partial charge in [-0.2, -0.15) is 0 Å². The SMILES string of the molecule is NCc1ncc(C(=O)O)c(OC(F)(F)F)c1C(F)F. The zero-order valence-corrected chi connectivity index (χ0v) is 9.04. The predicted octanol–water partition coefficient (Wildman–Crippen LogP) is 2.07. The zero-order chi connectivity index (χ0) is 14.8. The Kier molecular flexibility index (Phi) is 4.24. The molecular formula is C9H7F5N2O3. The number of ether oxygens (including phenoxy) is 1. The van der Waals surface area contributed by atoms with Gasteiger partial charge in [-0.1, -0.05) is 0 Å². The molecule has 19 heavy (non-hydrogen) atoms. The van der Waals surface area contributed by atoms with E-state index in [1.807, 2.05) is 0 Å². The number of nitrogens with two attached hydrogens (primary N) is 1. The quantitative estimate of drug-likeness (QED) is 0.828. The first-order valence-corrected chi connectivity index (χ1v) is 4.66. The van der Waals surface area contributed by atoms with Crippen molar-refractivity contribution in [3.63, 3.8) is 0 Å². The van der Waals surface area contributed by atoms with Gasteiger partial charge in [0.1, 0.15) is 5.56 Å². The van der Waals surface area contributed by atoms with Crippen LogP contribution in [-0.4, -0.2) is 22.4 Å². The number of carboxylic acids is 1. The molecule has 0 aliphatic heterocycles. The van der Waals surface area contributed by atoms with E-state index in [0.717, 1.165) is 0 Å². The molecular weight excluding hydrogens is 279 g/mol. The summed E-state index contributed by atoms with van der Waals surface area (Å²) in [6.45, 7) is -0.589. The fourth-order valence-corrected chi connectivity index (χ4v) is 1.31. The van der Waals surface area contributed by atoms with Crippen LogP contribution < -0.4 is 10.5 Å². The fourth-order valence-electron chi connectivity index (χ4n) is 1.31. The maximum absolute atomic E-state index is 12.8. The molecule has 1 aromatic heterocycles. The van der Waals surface area contributed by atoms with E-state index in [1.54, 1.807) is 0 Å². The number of nitrogens with zero attached hydrogens (tertiary/aromatic N) is 1. The van der Waals surface area contributed by atoms with Gasteiger partial charge in [-0.3, -0.25) is 4.98 Å². The zero-order valence-electron chi connectivity index (χ0n) is 9.04. The second-order valence-electron chi connectivity index (χ2n) is 3.22. The molecule has 0 saturated heterocycles. The normalized spacial score (nSPS) is 11.7. The molecule has 106 valence electrons. The summed E-state index contributed by atoms with van der Waals surface area (Å²) in [5.41, 5.74) is 2.10. The fraction of sp³-hybridized carbons (Fsp3) is 0.333. The molecule has 0 aliphatic rings. The summed E-state index contributed by atoms with van der Waals surface area (Å²) in [5.74, 6) is -3.37. The summed E-state index contributed by atoms with van der Waals surface area (Å²) in [7, 11) is 0. The minimum absolute atomic E-state index is 0.484. The molecule has 5 nitrogen and oxygen atoms in total. The van der Waals surface area contributed by atoms with E-state index in [9.17, 15) is 26.7 Å². The minimum atomic E-state index is -5.32.